The minimum absolute atomic E-state index is 0.0776. The minimum atomic E-state index is -0.779. The van der Waals surface area contributed by atoms with Crippen LogP contribution in [0.2, 0.25) is 0 Å². The van der Waals surface area contributed by atoms with E-state index in [9.17, 15) is 14.4 Å². The lowest BCUT2D eigenvalue weighted by Gasteiger charge is -2.18. The lowest BCUT2D eigenvalue weighted by atomic mass is 10.0. The van der Waals surface area contributed by atoms with Crippen LogP contribution in [0.25, 0.3) is 0 Å². The van der Waals surface area contributed by atoms with Gasteiger partial charge in [-0.2, -0.15) is 0 Å². The van der Waals surface area contributed by atoms with Crippen LogP contribution in [0.15, 0.2) is 48.6 Å². The van der Waals surface area contributed by atoms with E-state index in [-0.39, 0.29) is 31.1 Å². The van der Waals surface area contributed by atoms with Crippen molar-refractivity contribution in [1.29, 1.82) is 0 Å². The van der Waals surface area contributed by atoms with Crippen LogP contribution in [-0.4, -0.2) is 37.2 Å². The molecule has 0 spiro atoms. The maximum absolute atomic E-state index is 12.8. The lowest BCUT2D eigenvalue weighted by molar-refractivity contribution is -0.167. The Labute approximate surface area is 403 Å². The maximum atomic E-state index is 12.8. The van der Waals surface area contributed by atoms with Gasteiger partial charge in [-0.25, -0.2) is 0 Å². The van der Waals surface area contributed by atoms with Crippen molar-refractivity contribution in [3.05, 3.63) is 48.6 Å². The molecule has 0 bridgehead atoms. The van der Waals surface area contributed by atoms with Crippen LogP contribution in [0.1, 0.15) is 290 Å². The Hall–Kier alpha value is -2.63. The summed E-state index contributed by atoms with van der Waals surface area (Å²) in [5, 5.41) is 0. The van der Waals surface area contributed by atoms with E-state index in [0.29, 0.717) is 19.3 Å². The highest BCUT2D eigenvalue weighted by Gasteiger charge is 2.19. The van der Waals surface area contributed by atoms with E-state index in [1.54, 1.807) is 0 Å². The van der Waals surface area contributed by atoms with Crippen LogP contribution in [0.5, 0.6) is 0 Å². The molecule has 0 aromatic rings. The monoisotopic (exact) mass is 911 g/mol. The Kier molecular flexibility index (Phi) is 51.8. The summed E-state index contributed by atoms with van der Waals surface area (Å²) in [5.74, 6) is -0.885. The Morgan fingerprint density at radius 3 is 0.892 bits per heavy atom. The first-order chi connectivity index (χ1) is 32.0. The van der Waals surface area contributed by atoms with Gasteiger partial charge in [0.1, 0.15) is 13.2 Å². The second-order valence-corrected chi connectivity index (χ2v) is 18.8. The lowest BCUT2D eigenvalue weighted by Crippen LogP contribution is -2.30. The van der Waals surface area contributed by atoms with Crippen molar-refractivity contribution in [1.82, 2.24) is 0 Å². The Morgan fingerprint density at radius 2 is 0.569 bits per heavy atom. The standard InChI is InChI=1S/C59H106O6/c1-4-7-10-13-16-19-22-25-27-28-29-30-31-32-33-35-37-40-43-46-49-52-58(61)64-55-56(54-63-57(60)51-48-45-42-39-36-24-21-18-15-12-9-6-3)65-59(62)53-50-47-44-41-38-34-26-23-20-17-14-11-8-5-2/h14,17,22-23,25-26,28-29,56H,4-13,15-16,18-21,24,27,30-55H2,1-3H3/b17-14-,25-22-,26-23-,29-28-. The average Bonchev–Trinajstić information content (AvgIpc) is 3.30. The van der Waals surface area contributed by atoms with Gasteiger partial charge >= 0.3 is 17.9 Å². The van der Waals surface area contributed by atoms with Crippen LogP contribution in [-0.2, 0) is 28.6 Å². The van der Waals surface area contributed by atoms with E-state index in [1.807, 2.05) is 0 Å². The number of hydrogen-bond acceptors (Lipinski definition) is 6. The zero-order valence-corrected chi connectivity index (χ0v) is 43.3. The molecule has 0 radical (unpaired) electrons. The van der Waals surface area contributed by atoms with E-state index in [1.165, 1.54) is 161 Å². The summed E-state index contributed by atoms with van der Waals surface area (Å²) in [6.07, 6.45) is 65.2. The number of carbonyl (C=O) groups excluding carboxylic acids is 3. The first-order valence-electron chi connectivity index (χ1n) is 28.1. The van der Waals surface area contributed by atoms with Crippen molar-refractivity contribution in [2.24, 2.45) is 0 Å². The topological polar surface area (TPSA) is 78.9 Å². The fourth-order valence-electron chi connectivity index (χ4n) is 8.02. The number of ether oxygens (including phenoxy) is 3. The third kappa shape index (κ3) is 52.2. The molecule has 1 unspecified atom stereocenters. The zero-order valence-electron chi connectivity index (χ0n) is 43.3. The molecule has 0 saturated heterocycles. The molecule has 0 aromatic heterocycles. The molecule has 0 fully saturated rings. The van der Waals surface area contributed by atoms with E-state index in [4.69, 9.17) is 14.2 Å². The highest BCUT2D eigenvalue weighted by molar-refractivity contribution is 5.71. The fourth-order valence-corrected chi connectivity index (χ4v) is 8.02. The SMILES string of the molecule is CCCC/C=C\C/C=C\CCCCCCCC(=O)OC(COC(=O)CCCCCCCCCCC/C=C\C/C=C\CCCCCCC)COC(=O)CCCCCCCCCCCCCC. The molecule has 0 aliphatic heterocycles. The zero-order chi connectivity index (χ0) is 47.2. The van der Waals surface area contributed by atoms with Crippen molar-refractivity contribution >= 4 is 17.9 Å². The first-order valence-corrected chi connectivity index (χ1v) is 28.1. The van der Waals surface area contributed by atoms with Gasteiger partial charge in [0.25, 0.3) is 0 Å². The summed E-state index contributed by atoms with van der Waals surface area (Å²) in [6.45, 7) is 6.59. The molecule has 0 aliphatic carbocycles. The molecule has 6 heteroatoms. The van der Waals surface area contributed by atoms with Crippen molar-refractivity contribution in [3.8, 4) is 0 Å². The van der Waals surface area contributed by atoms with Crippen molar-refractivity contribution in [2.45, 2.75) is 297 Å². The van der Waals surface area contributed by atoms with Gasteiger partial charge in [-0.05, 0) is 77.0 Å². The summed E-state index contributed by atoms with van der Waals surface area (Å²) >= 11 is 0. The van der Waals surface area contributed by atoms with E-state index in [2.05, 4.69) is 69.4 Å². The Morgan fingerprint density at radius 1 is 0.308 bits per heavy atom. The number of rotatable bonds is 51. The van der Waals surface area contributed by atoms with Gasteiger partial charge in [-0.3, -0.25) is 14.4 Å². The van der Waals surface area contributed by atoms with Crippen molar-refractivity contribution in [3.63, 3.8) is 0 Å². The molecule has 0 heterocycles. The number of hydrogen-bond donors (Lipinski definition) is 0. The predicted molar refractivity (Wildman–Crippen MR) is 279 cm³/mol. The average molecular weight is 911 g/mol. The third-order valence-corrected chi connectivity index (χ3v) is 12.3. The second kappa shape index (κ2) is 54.0. The molecule has 1 atom stereocenters. The quantitative estimate of drug-likeness (QED) is 0.0262. The number of unbranched alkanes of at least 4 members (excludes halogenated alkanes) is 32. The van der Waals surface area contributed by atoms with E-state index < -0.39 is 6.10 Å². The molecule has 0 aromatic carbocycles. The maximum Gasteiger partial charge on any atom is 0.306 e. The number of carbonyl (C=O) groups is 3. The van der Waals surface area contributed by atoms with Crippen LogP contribution in [0, 0.1) is 0 Å². The molecule has 0 N–H and O–H groups in total. The normalized spacial score (nSPS) is 12.4. The van der Waals surface area contributed by atoms with E-state index in [0.717, 1.165) is 89.9 Å². The molecule has 6 nitrogen and oxygen atoms in total. The van der Waals surface area contributed by atoms with Gasteiger partial charge < -0.3 is 14.2 Å². The molecule has 378 valence electrons. The number of esters is 3. The summed E-state index contributed by atoms with van der Waals surface area (Å²) in [4.78, 5) is 38.1. The van der Waals surface area contributed by atoms with E-state index >= 15 is 0 Å². The molecule has 0 amide bonds. The summed E-state index contributed by atoms with van der Waals surface area (Å²) < 4.78 is 16.8. The van der Waals surface area contributed by atoms with Gasteiger partial charge in [0.15, 0.2) is 6.10 Å². The smallest absolute Gasteiger partial charge is 0.306 e. The number of allylic oxidation sites excluding steroid dienone is 8. The van der Waals surface area contributed by atoms with Crippen LogP contribution in [0.3, 0.4) is 0 Å². The van der Waals surface area contributed by atoms with Crippen molar-refractivity contribution < 1.29 is 28.6 Å². The van der Waals surface area contributed by atoms with Crippen molar-refractivity contribution in [2.75, 3.05) is 13.2 Å². The van der Waals surface area contributed by atoms with Gasteiger partial charge in [0.2, 0.25) is 0 Å². The molecule has 0 aliphatic rings. The second-order valence-electron chi connectivity index (χ2n) is 18.8. The van der Waals surface area contributed by atoms with Gasteiger partial charge in [-0.1, -0.05) is 243 Å². The molecule has 0 rings (SSSR count). The predicted octanol–water partition coefficient (Wildman–Crippen LogP) is 18.7. The molecular formula is C59H106O6. The minimum Gasteiger partial charge on any atom is -0.462 e. The third-order valence-electron chi connectivity index (χ3n) is 12.3. The highest BCUT2D eigenvalue weighted by Crippen LogP contribution is 2.16. The van der Waals surface area contributed by atoms with Gasteiger partial charge in [-0.15, -0.1) is 0 Å². The molecule has 0 saturated carbocycles. The summed E-state index contributed by atoms with van der Waals surface area (Å²) in [6, 6.07) is 0. The van der Waals surface area contributed by atoms with Crippen LogP contribution in [0.4, 0.5) is 0 Å². The largest absolute Gasteiger partial charge is 0.462 e. The fraction of sp³-hybridized carbons (Fsp3) is 0.814. The van der Waals surface area contributed by atoms with Gasteiger partial charge in [0, 0.05) is 19.3 Å². The molecular weight excluding hydrogens is 805 g/mol. The summed E-state index contributed by atoms with van der Waals surface area (Å²) in [7, 11) is 0. The Balaban J connectivity index is 4.32. The summed E-state index contributed by atoms with van der Waals surface area (Å²) in [5.41, 5.74) is 0. The Bertz CT molecular complexity index is 1140. The van der Waals surface area contributed by atoms with Gasteiger partial charge in [0.05, 0.1) is 0 Å². The van der Waals surface area contributed by atoms with Crippen LogP contribution >= 0.6 is 0 Å². The van der Waals surface area contributed by atoms with Crippen LogP contribution < -0.4 is 0 Å². The first kappa shape index (κ1) is 62.4. The highest BCUT2D eigenvalue weighted by atomic mass is 16.6. The molecule has 65 heavy (non-hydrogen) atoms.